The van der Waals surface area contributed by atoms with E-state index in [9.17, 15) is 0 Å². The third kappa shape index (κ3) is 6.91. The summed E-state index contributed by atoms with van der Waals surface area (Å²) in [7, 11) is 8.03. The number of aryl methyl sites for hydroxylation is 1. The number of rotatable bonds is 6. The summed E-state index contributed by atoms with van der Waals surface area (Å²) in [6, 6.07) is 8.53. The molecular weight excluding hydrogens is 445 g/mol. The van der Waals surface area contributed by atoms with E-state index in [1.165, 1.54) is 11.1 Å². The standard InChI is InChI=1S/C18H27N5S.HI/c1-14-21-17(13-24-14)12-23(5)18(19-2)20-10-15-8-6-7-9-16(15)11-22(3)4;/h6-9,13H,10-12H2,1-5H3,(H,19,20);1H. The quantitative estimate of drug-likeness (QED) is 0.397. The van der Waals surface area contributed by atoms with Crippen molar-refractivity contribution in [1.82, 2.24) is 20.1 Å². The highest BCUT2D eigenvalue weighted by Crippen LogP contribution is 2.12. The molecule has 2 aromatic rings. The number of halogens is 1. The molecular formula is C18H28IN5S. The molecule has 0 aliphatic rings. The first-order valence-corrected chi connectivity index (χ1v) is 8.92. The highest BCUT2D eigenvalue weighted by Gasteiger charge is 2.10. The Hall–Kier alpha value is -1.19. The molecule has 5 nitrogen and oxygen atoms in total. The molecule has 25 heavy (non-hydrogen) atoms. The van der Waals surface area contributed by atoms with Gasteiger partial charge in [-0.05, 0) is 32.1 Å². The molecule has 0 bridgehead atoms. The zero-order valence-corrected chi connectivity index (χ0v) is 18.8. The van der Waals surface area contributed by atoms with E-state index in [1.54, 1.807) is 11.3 Å². The van der Waals surface area contributed by atoms with Crippen LogP contribution in [0.15, 0.2) is 34.6 Å². The van der Waals surface area contributed by atoms with E-state index in [1.807, 2.05) is 21.0 Å². The molecule has 2 rings (SSSR count). The first-order valence-electron chi connectivity index (χ1n) is 8.04. The molecule has 138 valence electrons. The number of hydrogen-bond acceptors (Lipinski definition) is 4. The molecule has 0 unspecified atom stereocenters. The Balaban J connectivity index is 0.00000312. The third-order valence-corrected chi connectivity index (χ3v) is 4.50. The van der Waals surface area contributed by atoms with Gasteiger partial charge in [-0.25, -0.2) is 4.98 Å². The predicted molar refractivity (Wildman–Crippen MR) is 118 cm³/mol. The van der Waals surface area contributed by atoms with Crippen molar-refractivity contribution >= 4 is 41.3 Å². The lowest BCUT2D eigenvalue weighted by atomic mass is 10.1. The molecule has 0 aliphatic carbocycles. The van der Waals surface area contributed by atoms with Gasteiger partial charge in [-0.3, -0.25) is 4.99 Å². The summed E-state index contributed by atoms with van der Waals surface area (Å²) in [4.78, 5) is 13.2. The van der Waals surface area contributed by atoms with Crippen molar-refractivity contribution in [2.75, 3.05) is 28.2 Å². The van der Waals surface area contributed by atoms with Crippen molar-refractivity contribution in [3.63, 3.8) is 0 Å². The van der Waals surface area contributed by atoms with Gasteiger partial charge in [-0.2, -0.15) is 0 Å². The van der Waals surface area contributed by atoms with Crippen LogP contribution in [0.1, 0.15) is 21.8 Å². The molecule has 0 saturated heterocycles. The number of guanidine groups is 1. The number of aromatic nitrogens is 1. The van der Waals surface area contributed by atoms with Gasteiger partial charge in [0.25, 0.3) is 0 Å². The summed E-state index contributed by atoms with van der Waals surface area (Å²) < 4.78 is 0. The molecule has 0 fully saturated rings. The predicted octanol–water partition coefficient (Wildman–Crippen LogP) is 3.34. The minimum Gasteiger partial charge on any atom is -0.352 e. The summed E-state index contributed by atoms with van der Waals surface area (Å²) in [5.74, 6) is 0.875. The number of aliphatic imine (C=N–C) groups is 1. The first kappa shape index (κ1) is 21.9. The molecule has 1 aromatic heterocycles. The monoisotopic (exact) mass is 473 g/mol. The van der Waals surface area contributed by atoms with E-state index in [4.69, 9.17) is 0 Å². The molecule has 1 heterocycles. The van der Waals surface area contributed by atoms with E-state index in [0.717, 1.165) is 36.3 Å². The normalized spacial score (nSPS) is 11.4. The summed E-state index contributed by atoms with van der Waals surface area (Å²) in [6.07, 6.45) is 0. The van der Waals surface area contributed by atoms with Crippen molar-refractivity contribution in [2.45, 2.75) is 26.6 Å². The molecule has 0 atom stereocenters. The Morgan fingerprint density at radius 1 is 1.16 bits per heavy atom. The summed E-state index contributed by atoms with van der Waals surface area (Å²) in [5, 5.41) is 6.66. The Bertz CT molecular complexity index is 684. The maximum Gasteiger partial charge on any atom is 0.194 e. The van der Waals surface area contributed by atoms with Crippen LogP contribution in [0.25, 0.3) is 0 Å². The van der Waals surface area contributed by atoms with Gasteiger partial charge in [-0.1, -0.05) is 24.3 Å². The molecule has 1 aromatic carbocycles. The van der Waals surface area contributed by atoms with Crippen LogP contribution in [0.2, 0.25) is 0 Å². The van der Waals surface area contributed by atoms with E-state index in [2.05, 4.69) is 68.8 Å². The minimum absolute atomic E-state index is 0. The minimum atomic E-state index is 0. The van der Waals surface area contributed by atoms with Crippen molar-refractivity contribution in [3.05, 3.63) is 51.5 Å². The fraction of sp³-hybridized carbons (Fsp3) is 0.444. The zero-order valence-electron chi connectivity index (χ0n) is 15.6. The third-order valence-electron chi connectivity index (χ3n) is 3.68. The Labute approximate surface area is 172 Å². The summed E-state index contributed by atoms with van der Waals surface area (Å²) in [5.41, 5.74) is 3.71. The topological polar surface area (TPSA) is 43.8 Å². The smallest absolute Gasteiger partial charge is 0.194 e. The molecule has 0 spiro atoms. The Morgan fingerprint density at radius 2 is 1.84 bits per heavy atom. The van der Waals surface area contributed by atoms with Crippen LogP contribution in [0.4, 0.5) is 0 Å². The second-order valence-corrected chi connectivity index (χ2v) is 7.18. The number of nitrogens with zero attached hydrogens (tertiary/aromatic N) is 4. The van der Waals surface area contributed by atoms with Gasteiger partial charge in [0, 0.05) is 32.6 Å². The summed E-state index contributed by atoms with van der Waals surface area (Å²) in [6.45, 7) is 4.48. The fourth-order valence-electron chi connectivity index (χ4n) is 2.58. The maximum atomic E-state index is 4.52. The molecule has 0 radical (unpaired) electrons. The van der Waals surface area contributed by atoms with Crippen molar-refractivity contribution < 1.29 is 0 Å². The number of thiazole rings is 1. The van der Waals surface area contributed by atoms with Crippen LogP contribution in [0, 0.1) is 6.92 Å². The number of benzene rings is 1. The molecule has 0 aliphatic heterocycles. The molecule has 1 N–H and O–H groups in total. The van der Waals surface area contributed by atoms with Gasteiger partial charge < -0.3 is 15.1 Å². The highest BCUT2D eigenvalue weighted by atomic mass is 127. The lowest BCUT2D eigenvalue weighted by Gasteiger charge is -2.22. The Morgan fingerprint density at radius 3 is 2.40 bits per heavy atom. The van der Waals surface area contributed by atoms with Crippen LogP contribution in [0.3, 0.4) is 0 Å². The zero-order chi connectivity index (χ0) is 17.5. The van der Waals surface area contributed by atoms with Crippen LogP contribution in [0.5, 0.6) is 0 Å². The van der Waals surface area contributed by atoms with Gasteiger partial charge in [0.1, 0.15) is 0 Å². The van der Waals surface area contributed by atoms with Crippen LogP contribution in [-0.4, -0.2) is 48.9 Å². The van der Waals surface area contributed by atoms with Crippen LogP contribution < -0.4 is 5.32 Å². The van der Waals surface area contributed by atoms with Crippen LogP contribution >= 0.6 is 35.3 Å². The fourth-order valence-corrected chi connectivity index (χ4v) is 3.19. The lowest BCUT2D eigenvalue weighted by Crippen LogP contribution is -2.38. The van der Waals surface area contributed by atoms with Gasteiger partial charge in [-0.15, -0.1) is 35.3 Å². The van der Waals surface area contributed by atoms with Crippen molar-refractivity contribution in [1.29, 1.82) is 0 Å². The van der Waals surface area contributed by atoms with E-state index < -0.39 is 0 Å². The van der Waals surface area contributed by atoms with Crippen molar-refractivity contribution in [3.8, 4) is 0 Å². The van der Waals surface area contributed by atoms with Gasteiger partial charge in [0.05, 0.1) is 17.2 Å². The second kappa shape index (κ2) is 10.7. The lowest BCUT2D eigenvalue weighted by molar-refractivity contribution is 0.400. The maximum absolute atomic E-state index is 4.52. The van der Waals surface area contributed by atoms with E-state index >= 15 is 0 Å². The number of hydrogen-bond donors (Lipinski definition) is 1. The van der Waals surface area contributed by atoms with E-state index in [-0.39, 0.29) is 24.0 Å². The molecule has 7 heteroatoms. The van der Waals surface area contributed by atoms with Gasteiger partial charge >= 0.3 is 0 Å². The highest BCUT2D eigenvalue weighted by molar-refractivity contribution is 14.0. The molecule has 0 amide bonds. The van der Waals surface area contributed by atoms with Gasteiger partial charge in [0.2, 0.25) is 0 Å². The van der Waals surface area contributed by atoms with E-state index in [0.29, 0.717) is 0 Å². The summed E-state index contributed by atoms with van der Waals surface area (Å²) >= 11 is 1.68. The van der Waals surface area contributed by atoms with Crippen LogP contribution in [-0.2, 0) is 19.6 Å². The second-order valence-electron chi connectivity index (χ2n) is 6.12. The Kier molecular flexibility index (Phi) is 9.37. The first-order chi connectivity index (χ1) is 11.5. The average Bonchev–Trinajstić information content (AvgIpc) is 2.94. The average molecular weight is 473 g/mol. The largest absolute Gasteiger partial charge is 0.352 e. The van der Waals surface area contributed by atoms with Gasteiger partial charge in [0.15, 0.2) is 5.96 Å². The SMILES string of the molecule is CN=C(NCc1ccccc1CN(C)C)N(C)Cc1csc(C)n1.I. The van der Waals surface area contributed by atoms with Crippen molar-refractivity contribution in [2.24, 2.45) is 4.99 Å². The number of nitrogens with one attached hydrogen (secondary N) is 1. The molecule has 0 saturated carbocycles.